The number of benzene rings is 3. The first-order valence-electron chi connectivity index (χ1n) is 11.0. The van der Waals surface area contributed by atoms with Crippen LogP contribution in [0.4, 0.5) is 0 Å². The predicted octanol–water partition coefficient (Wildman–Crippen LogP) is 6.88. The first kappa shape index (κ1) is 13.1. The van der Waals surface area contributed by atoms with Crippen molar-refractivity contribution < 1.29 is 5.48 Å². The standard InChI is InChI=1S/C26H23N/c1-19-13-15-23(16-14-19)26-17-24(20(2)21-9-5-3-6-10-21)25(18-27-26)22-11-7-4-8-12-22/h3-18,20H,1-2H3/i1D3,20D. The van der Waals surface area contributed by atoms with Gasteiger partial charge in [0.25, 0.3) is 0 Å². The number of hydrogen-bond donors (Lipinski definition) is 0. The highest BCUT2D eigenvalue weighted by Crippen LogP contribution is 2.35. The summed E-state index contributed by atoms with van der Waals surface area (Å²) in [6.07, 6.45) is 1.81. The first-order valence-corrected chi connectivity index (χ1v) is 8.99. The van der Waals surface area contributed by atoms with Gasteiger partial charge in [-0.25, -0.2) is 0 Å². The SMILES string of the molecule is [2H]C([2H])([2H])c1ccc(-c2cc(C([2H])(C)c3ccccc3)c(-c3ccccc3)cn2)cc1. The summed E-state index contributed by atoms with van der Waals surface area (Å²) in [5.74, 6) is -0.997. The number of nitrogens with zero attached hydrogens (tertiary/aromatic N) is 1. The lowest BCUT2D eigenvalue weighted by Gasteiger charge is -2.18. The molecule has 1 nitrogen and oxygen atoms in total. The molecule has 0 spiro atoms. The molecule has 0 bridgehead atoms. The van der Waals surface area contributed by atoms with Crippen LogP contribution in [0.15, 0.2) is 97.2 Å². The maximum atomic E-state index is 9.27. The van der Waals surface area contributed by atoms with Crippen molar-refractivity contribution in [2.24, 2.45) is 0 Å². The molecule has 132 valence electrons. The Balaban J connectivity index is 1.86. The van der Waals surface area contributed by atoms with Gasteiger partial charge in [-0.2, -0.15) is 0 Å². The summed E-state index contributed by atoms with van der Waals surface area (Å²) < 4.78 is 32.0. The molecule has 1 heterocycles. The van der Waals surface area contributed by atoms with Crippen molar-refractivity contribution in [2.75, 3.05) is 0 Å². The molecule has 0 fully saturated rings. The Hall–Kier alpha value is -3.19. The predicted molar refractivity (Wildman–Crippen MR) is 114 cm³/mol. The maximum absolute atomic E-state index is 9.27. The van der Waals surface area contributed by atoms with E-state index in [1.54, 1.807) is 24.3 Å². The quantitative estimate of drug-likeness (QED) is 0.390. The van der Waals surface area contributed by atoms with E-state index in [0.29, 0.717) is 11.3 Å². The van der Waals surface area contributed by atoms with Crippen molar-refractivity contribution in [1.82, 2.24) is 4.98 Å². The zero-order valence-electron chi connectivity index (χ0n) is 19.2. The van der Waals surface area contributed by atoms with Crippen LogP contribution in [0.25, 0.3) is 22.4 Å². The van der Waals surface area contributed by atoms with Gasteiger partial charge in [0.1, 0.15) is 0 Å². The van der Waals surface area contributed by atoms with Crippen LogP contribution >= 0.6 is 0 Å². The van der Waals surface area contributed by atoms with Crippen LogP contribution in [0.1, 0.15) is 35.0 Å². The van der Waals surface area contributed by atoms with Crippen LogP contribution in [-0.4, -0.2) is 4.98 Å². The third-order valence-electron chi connectivity index (χ3n) is 4.78. The smallest absolute Gasteiger partial charge is 0.0705 e. The second-order valence-electron chi connectivity index (χ2n) is 6.55. The molecule has 0 aliphatic heterocycles. The van der Waals surface area contributed by atoms with Crippen LogP contribution in [0, 0.1) is 6.85 Å². The van der Waals surface area contributed by atoms with Crippen LogP contribution in [-0.2, 0) is 0 Å². The Morgan fingerprint density at radius 3 is 2.15 bits per heavy atom. The summed E-state index contributed by atoms with van der Waals surface area (Å²) >= 11 is 0. The molecule has 0 aliphatic carbocycles. The van der Waals surface area contributed by atoms with Gasteiger partial charge in [-0.1, -0.05) is 97.4 Å². The minimum Gasteiger partial charge on any atom is -0.256 e. The molecule has 1 atom stereocenters. The molecule has 0 aliphatic rings. The van der Waals surface area contributed by atoms with Crippen LogP contribution in [0.5, 0.6) is 0 Å². The summed E-state index contributed by atoms with van der Waals surface area (Å²) in [6.45, 7) is -0.243. The Kier molecular flexibility index (Phi) is 3.67. The van der Waals surface area contributed by atoms with Crippen molar-refractivity contribution >= 4 is 0 Å². The number of aromatic nitrogens is 1. The van der Waals surface area contributed by atoms with Crippen LogP contribution < -0.4 is 0 Å². The van der Waals surface area contributed by atoms with E-state index < -0.39 is 12.7 Å². The highest BCUT2D eigenvalue weighted by molar-refractivity contribution is 5.72. The van der Waals surface area contributed by atoms with E-state index in [4.69, 9.17) is 4.11 Å². The zero-order chi connectivity index (χ0) is 22.1. The monoisotopic (exact) mass is 353 g/mol. The van der Waals surface area contributed by atoms with Gasteiger partial charge >= 0.3 is 0 Å². The van der Waals surface area contributed by atoms with Crippen molar-refractivity contribution in [3.8, 4) is 22.4 Å². The molecular weight excluding hydrogens is 326 g/mol. The van der Waals surface area contributed by atoms with E-state index in [1.165, 1.54) is 0 Å². The summed E-state index contributed by atoms with van der Waals surface area (Å²) in [7, 11) is 0. The lowest BCUT2D eigenvalue weighted by molar-refractivity contribution is 0.921. The summed E-state index contributed by atoms with van der Waals surface area (Å²) in [6, 6.07) is 28.5. The molecule has 0 saturated heterocycles. The van der Waals surface area contributed by atoms with E-state index in [2.05, 4.69) is 4.98 Å². The van der Waals surface area contributed by atoms with Gasteiger partial charge in [0.2, 0.25) is 0 Å². The largest absolute Gasteiger partial charge is 0.256 e. The average Bonchev–Trinajstić information content (AvgIpc) is 2.79. The Morgan fingerprint density at radius 2 is 1.48 bits per heavy atom. The molecular formula is C26H23N. The minimum atomic E-state index is -2.14. The fourth-order valence-electron chi connectivity index (χ4n) is 3.26. The van der Waals surface area contributed by atoms with Crippen LogP contribution in [0.3, 0.4) is 0 Å². The molecule has 3 aromatic carbocycles. The molecule has 0 N–H and O–H groups in total. The molecule has 0 amide bonds. The Morgan fingerprint density at radius 1 is 0.815 bits per heavy atom. The highest BCUT2D eigenvalue weighted by atomic mass is 14.7. The third-order valence-corrected chi connectivity index (χ3v) is 4.78. The molecule has 4 rings (SSSR count). The molecule has 1 unspecified atom stereocenters. The fourth-order valence-corrected chi connectivity index (χ4v) is 3.26. The first-order chi connectivity index (χ1) is 14.8. The van der Waals surface area contributed by atoms with Crippen molar-refractivity contribution in [3.63, 3.8) is 0 Å². The lowest BCUT2D eigenvalue weighted by Crippen LogP contribution is -2.01. The van der Waals surface area contributed by atoms with Crippen molar-refractivity contribution in [2.45, 2.75) is 19.7 Å². The third kappa shape index (κ3) is 3.68. The van der Waals surface area contributed by atoms with Gasteiger partial charge < -0.3 is 0 Å². The average molecular weight is 354 g/mol. The normalized spacial score (nSPS) is 15.7. The van der Waals surface area contributed by atoms with Gasteiger partial charge in [-0.15, -0.1) is 0 Å². The summed E-state index contributed by atoms with van der Waals surface area (Å²) in [5, 5.41) is 0. The Labute approximate surface area is 167 Å². The molecule has 0 radical (unpaired) electrons. The van der Waals surface area contributed by atoms with Crippen LogP contribution in [0.2, 0.25) is 0 Å². The van der Waals surface area contributed by atoms with E-state index in [0.717, 1.165) is 27.8 Å². The van der Waals surface area contributed by atoms with E-state index in [1.807, 2.05) is 79.9 Å². The van der Waals surface area contributed by atoms with Gasteiger partial charge in [-0.05, 0) is 29.6 Å². The highest BCUT2D eigenvalue weighted by Gasteiger charge is 2.16. The molecule has 1 aromatic heterocycles. The molecule has 0 saturated carbocycles. The second-order valence-corrected chi connectivity index (χ2v) is 6.55. The van der Waals surface area contributed by atoms with Crippen molar-refractivity contribution in [1.29, 1.82) is 0 Å². The van der Waals surface area contributed by atoms with Gasteiger partial charge in [0.15, 0.2) is 0 Å². The number of aryl methyl sites for hydroxylation is 1. The molecule has 27 heavy (non-hydrogen) atoms. The number of pyridine rings is 1. The lowest BCUT2D eigenvalue weighted by atomic mass is 9.87. The summed E-state index contributed by atoms with van der Waals surface area (Å²) in [5.41, 5.74) is 5.47. The number of hydrogen-bond acceptors (Lipinski definition) is 1. The van der Waals surface area contributed by atoms with Gasteiger partial charge in [-0.3, -0.25) is 4.98 Å². The zero-order valence-corrected chi connectivity index (χ0v) is 15.2. The van der Waals surface area contributed by atoms with E-state index in [-0.39, 0.29) is 0 Å². The summed E-state index contributed by atoms with van der Waals surface area (Å²) in [4.78, 5) is 4.66. The minimum absolute atomic E-state index is 0.298. The topological polar surface area (TPSA) is 12.9 Å². The van der Waals surface area contributed by atoms with E-state index >= 15 is 0 Å². The van der Waals surface area contributed by atoms with Crippen molar-refractivity contribution in [3.05, 3.63) is 114 Å². The van der Waals surface area contributed by atoms with Gasteiger partial charge in [0, 0.05) is 28.7 Å². The fraction of sp³-hybridized carbons (Fsp3) is 0.115. The maximum Gasteiger partial charge on any atom is 0.0705 e. The van der Waals surface area contributed by atoms with E-state index in [9.17, 15) is 1.37 Å². The number of rotatable bonds is 4. The van der Waals surface area contributed by atoms with Gasteiger partial charge in [0.05, 0.1) is 5.69 Å². The molecule has 1 heteroatoms. The molecule has 4 aromatic rings. The Bertz CT molecular complexity index is 1170. The second kappa shape index (κ2) is 7.59.